The van der Waals surface area contributed by atoms with Crippen molar-refractivity contribution in [1.29, 1.82) is 0 Å². The predicted molar refractivity (Wildman–Crippen MR) is 77.8 cm³/mol. The smallest absolute Gasteiger partial charge is 0.169 e. The van der Waals surface area contributed by atoms with Crippen LogP contribution in [0.3, 0.4) is 0 Å². The fourth-order valence-electron chi connectivity index (χ4n) is 1.44. The number of hydrogen-bond donors (Lipinski definition) is 1. The molecule has 0 spiro atoms. The van der Waals surface area contributed by atoms with E-state index < -0.39 is 0 Å². The molecule has 17 heavy (non-hydrogen) atoms. The minimum Gasteiger partial charge on any atom is -0.358 e. The monoisotopic (exact) mass is 246 g/mol. The van der Waals surface area contributed by atoms with E-state index in [0.717, 1.165) is 24.7 Å². The van der Waals surface area contributed by atoms with Gasteiger partial charge < -0.3 is 10.2 Å². The van der Waals surface area contributed by atoms with Gasteiger partial charge >= 0.3 is 0 Å². The van der Waals surface area contributed by atoms with Crippen LogP contribution in [0.15, 0.2) is 55.6 Å². The van der Waals surface area contributed by atoms with Crippen molar-refractivity contribution in [2.24, 2.45) is 0 Å². The second-order valence-electron chi connectivity index (χ2n) is 3.63. The molecule has 3 heteroatoms. The molecule has 0 heterocycles. The van der Waals surface area contributed by atoms with Gasteiger partial charge in [-0.25, -0.2) is 0 Å². The molecule has 1 aromatic carbocycles. The van der Waals surface area contributed by atoms with Gasteiger partial charge in [0.25, 0.3) is 0 Å². The van der Waals surface area contributed by atoms with Gasteiger partial charge in [0.15, 0.2) is 5.11 Å². The molecule has 0 amide bonds. The van der Waals surface area contributed by atoms with Crippen LogP contribution in [0.2, 0.25) is 0 Å². The summed E-state index contributed by atoms with van der Waals surface area (Å²) in [6.45, 7) is 9.64. The first-order chi connectivity index (χ1) is 8.27. The second-order valence-corrected chi connectivity index (χ2v) is 4.01. The highest BCUT2D eigenvalue weighted by Gasteiger charge is 2.05. The molecule has 2 nitrogen and oxygen atoms in total. The molecule has 0 aromatic heterocycles. The number of nitrogens with one attached hydrogen (secondary N) is 1. The van der Waals surface area contributed by atoms with E-state index in [0.29, 0.717) is 0 Å². The van der Waals surface area contributed by atoms with Crippen molar-refractivity contribution in [2.45, 2.75) is 6.54 Å². The van der Waals surface area contributed by atoms with Crippen LogP contribution < -0.4 is 5.32 Å². The van der Waals surface area contributed by atoms with Crippen molar-refractivity contribution in [2.75, 3.05) is 13.1 Å². The summed E-state index contributed by atoms with van der Waals surface area (Å²) >= 11 is 5.32. The highest BCUT2D eigenvalue weighted by atomic mass is 32.1. The zero-order chi connectivity index (χ0) is 12.5. The molecule has 0 radical (unpaired) electrons. The maximum atomic E-state index is 5.32. The topological polar surface area (TPSA) is 15.3 Å². The van der Waals surface area contributed by atoms with Crippen molar-refractivity contribution in [3.8, 4) is 0 Å². The molecule has 0 aliphatic heterocycles. The first kappa shape index (κ1) is 13.5. The van der Waals surface area contributed by atoms with Crippen LogP contribution >= 0.6 is 12.2 Å². The van der Waals surface area contributed by atoms with E-state index >= 15 is 0 Å². The first-order valence-electron chi connectivity index (χ1n) is 5.56. The Morgan fingerprint density at radius 2 is 1.76 bits per heavy atom. The molecule has 0 unspecified atom stereocenters. The molecule has 0 aliphatic rings. The third kappa shape index (κ3) is 4.83. The van der Waals surface area contributed by atoms with E-state index in [2.05, 4.69) is 30.6 Å². The number of rotatable bonds is 6. The van der Waals surface area contributed by atoms with Gasteiger partial charge in [0.2, 0.25) is 0 Å². The molecule has 0 saturated carbocycles. The summed E-state index contributed by atoms with van der Waals surface area (Å²) in [7, 11) is 0. The Hall–Kier alpha value is -1.61. The summed E-state index contributed by atoms with van der Waals surface area (Å²) in [5.74, 6) is 0. The summed E-state index contributed by atoms with van der Waals surface area (Å²) in [4.78, 5) is 2.01. The molecule has 0 aliphatic carbocycles. The normalized spacial score (nSPS) is 9.41. The minimum absolute atomic E-state index is 0.729. The molecule has 1 aromatic rings. The first-order valence-corrected chi connectivity index (χ1v) is 5.97. The van der Waals surface area contributed by atoms with E-state index in [9.17, 15) is 0 Å². The third-order valence-electron chi connectivity index (χ3n) is 2.27. The van der Waals surface area contributed by atoms with E-state index in [1.165, 1.54) is 5.56 Å². The fraction of sp³-hybridized carbons (Fsp3) is 0.214. The Morgan fingerprint density at radius 1 is 1.18 bits per heavy atom. The van der Waals surface area contributed by atoms with Crippen LogP contribution in [0, 0.1) is 0 Å². The summed E-state index contributed by atoms with van der Waals surface area (Å²) in [6.07, 6.45) is 3.67. The summed E-state index contributed by atoms with van der Waals surface area (Å²) in [5, 5.41) is 3.96. The van der Waals surface area contributed by atoms with Crippen LogP contribution in [0.4, 0.5) is 0 Å². The molecular weight excluding hydrogens is 228 g/mol. The molecule has 1 rings (SSSR count). The molecule has 1 N–H and O–H groups in total. The van der Waals surface area contributed by atoms with Crippen molar-refractivity contribution in [3.05, 3.63) is 61.2 Å². The zero-order valence-electron chi connectivity index (χ0n) is 9.93. The lowest BCUT2D eigenvalue weighted by molar-refractivity contribution is 0.501. The van der Waals surface area contributed by atoms with Gasteiger partial charge in [0.05, 0.1) is 0 Å². The van der Waals surface area contributed by atoms with Gasteiger partial charge in [-0.1, -0.05) is 42.5 Å². The SMILES string of the molecule is C=CCN(CC=C)C(=S)NCc1ccccc1. The average Bonchev–Trinajstić information content (AvgIpc) is 2.37. The van der Waals surface area contributed by atoms with Crippen LogP contribution in [0.1, 0.15) is 5.56 Å². The summed E-state index contributed by atoms with van der Waals surface area (Å²) in [6, 6.07) is 10.2. The van der Waals surface area contributed by atoms with Crippen molar-refractivity contribution >= 4 is 17.3 Å². The largest absolute Gasteiger partial charge is 0.358 e. The third-order valence-corrected chi connectivity index (χ3v) is 2.68. The Morgan fingerprint density at radius 3 is 2.29 bits per heavy atom. The van der Waals surface area contributed by atoms with Crippen LogP contribution in [0.5, 0.6) is 0 Å². The van der Waals surface area contributed by atoms with Gasteiger partial charge in [-0.15, -0.1) is 13.2 Å². The Bertz CT molecular complexity index is 363. The van der Waals surface area contributed by atoms with E-state index in [4.69, 9.17) is 12.2 Å². The Kier molecular flexibility index (Phi) is 6.04. The Balaban J connectivity index is 2.46. The Labute approximate surface area is 109 Å². The molecular formula is C14H18N2S. The van der Waals surface area contributed by atoms with Crippen molar-refractivity contribution < 1.29 is 0 Å². The van der Waals surface area contributed by atoms with Crippen LogP contribution in [0.25, 0.3) is 0 Å². The highest BCUT2D eigenvalue weighted by molar-refractivity contribution is 7.80. The quantitative estimate of drug-likeness (QED) is 0.614. The maximum Gasteiger partial charge on any atom is 0.169 e. The van der Waals surface area contributed by atoms with Crippen molar-refractivity contribution in [3.63, 3.8) is 0 Å². The van der Waals surface area contributed by atoms with E-state index in [1.807, 2.05) is 35.3 Å². The maximum absolute atomic E-state index is 5.32. The van der Waals surface area contributed by atoms with Crippen LogP contribution in [-0.2, 0) is 6.54 Å². The molecule has 0 bridgehead atoms. The van der Waals surface area contributed by atoms with Gasteiger partial charge in [-0.05, 0) is 17.8 Å². The average molecular weight is 246 g/mol. The van der Waals surface area contributed by atoms with E-state index in [-0.39, 0.29) is 0 Å². The fourth-order valence-corrected chi connectivity index (χ4v) is 1.66. The minimum atomic E-state index is 0.729. The van der Waals surface area contributed by atoms with Gasteiger partial charge in [0, 0.05) is 19.6 Å². The summed E-state index contributed by atoms with van der Waals surface area (Å²) < 4.78 is 0. The lowest BCUT2D eigenvalue weighted by atomic mass is 10.2. The molecule has 0 fully saturated rings. The van der Waals surface area contributed by atoms with E-state index in [1.54, 1.807) is 0 Å². The van der Waals surface area contributed by atoms with Crippen molar-refractivity contribution in [1.82, 2.24) is 10.2 Å². The predicted octanol–water partition coefficient (Wildman–Crippen LogP) is 2.74. The number of thiocarbonyl (C=S) groups is 1. The number of nitrogens with zero attached hydrogens (tertiary/aromatic N) is 1. The zero-order valence-corrected chi connectivity index (χ0v) is 10.7. The van der Waals surface area contributed by atoms with Gasteiger partial charge in [-0.2, -0.15) is 0 Å². The van der Waals surface area contributed by atoms with Gasteiger partial charge in [-0.3, -0.25) is 0 Å². The van der Waals surface area contributed by atoms with Crippen LogP contribution in [-0.4, -0.2) is 23.1 Å². The lowest BCUT2D eigenvalue weighted by Gasteiger charge is -2.23. The highest BCUT2D eigenvalue weighted by Crippen LogP contribution is 1.99. The molecule has 90 valence electrons. The standard InChI is InChI=1S/C14H18N2S/c1-3-10-16(11-4-2)14(17)15-12-13-8-6-5-7-9-13/h3-9H,1-2,10-12H2,(H,15,17). The number of benzene rings is 1. The number of hydrogen-bond acceptors (Lipinski definition) is 1. The lowest BCUT2D eigenvalue weighted by Crippen LogP contribution is -2.39. The second kappa shape index (κ2) is 7.63. The van der Waals surface area contributed by atoms with Gasteiger partial charge in [0.1, 0.15) is 0 Å². The molecule has 0 atom stereocenters. The summed E-state index contributed by atoms with van der Waals surface area (Å²) in [5.41, 5.74) is 1.21. The molecule has 0 saturated heterocycles.